The third kappa shape index (κ3) is 19.5. The zero-order valence-electron chi connectivity index (χ0n) is 38.4. The van der Waals surface area contributed by atoms with Gasteiger partial charge in [0, 0.05) is 25.3 Å². The fraction of sp³-hybridized carbons (Fsp3) is 0.810. The summed E-state index contributed by atoms with van der Waals surface area (Å²) >= 11 is 0. The summed E-state index contributed by atoms with van der Waals surface area (Å²) in [4.78, 5) is 62.2. The van der Waals surface area contributed by atoms with Crippen molar-refractivity contribution in [2.75, 3.05) is 65.8 Å². The molecule has 3 heterocycles. The van der Waals surface area contributed by atoms with Crippen molar-refractivity contribution in [1.29, 1.82) is 0 Å². The van der Waals surface area contributed by atoms with Crippen LogP contribution in [-0.4, -0.2) is 172 Å². The van der Waals surface area contributed by atoms with Gasteiger partial charge in [0.1, 0.15) is 50.5 Å². The average molecular weight is 919 g/mol. The maximum Gasteiger partial charge on any atom is 0.325 e. The van der Waals surface area contributed by atoms with Crippen molar-refractivity contribution in [1.82, 2.24) is 20.9 Å². The Labute approximate surface area is 376 Å². The van der Waals surface area contributed by atoms with E-state index in [-0.39, 0.29) is 77.2 Å². The Balaban J connectivity index is 1.29. The lowest BCUT2D eigenvalue weighted by atomic mass is 10.1. The number of rotatable bonds is 31. The molecule has 2 fully saturated rings. The summed E-state index contributed by atoms with van der Waals surface area (Å²) in [6, 6.07) is -0.685. The predicted molar refractivity (Wildman–Crippen MR) is 228 cm³/mol. The van der Waals surface area contributed by atoms with E-state index < -0.39 is 91.6 Å². The Hall–Kier alpha value is -3.52. The van der Waals surface area contributed by atoms with Crippen molar-refractivity contribution in [3.8, 4) is 0 Å². The first-order chi connectivity index (χ1) is 30.4. The first-order valence-electron chi connectivity index (χ1n) is 22.2. The van der Waals surface area contributed by atoms with E-state index in [1.165, 1.54) is 6.92 Å². The molecule has 22 heteroatoms. The van der Waals surface area contributed by atoms with E-state index in [2.05, 4.69) is 22.5 Å². The molecule has 3 aliphatic rings. The van der Waals surface area contributed by atoms with Crippen LogP contribution in [0.25, 0.3) is 0 Å². The van der Waals surface area contributed by atoms with Gasteiger partial charge in [-0.05, 0) is 46.0 Å². The van der Waals surface area contributed by atoms with Gasteiger partial charge in [-0.1, -0.05) is 40.7 Å². The Morgan fingerprint density at radius 2 is 1.77 bits per heavy atom. The SMILES string of the molecule is C=C1OOCC1OC(CCC)COC1CC(N)C(OCC(C)C(=O)OCC2=CN2C(CC)CNCC(=O)OC(C)C(=O)NCC(=O)OC(C(C)C)C(O)NCCOC(C)N)OCC1O. The molecule has 2 saturated heterocycles. The van der Waals surface area contributed by atoms with Crippen molar-refractivity contribution in [3.63, 3.8) is 0 Å². The third-order valence-corrected chi connectivity index (χ3v) is 10.4. The number of aliphatic hydroxyl groups excluding tert-OH is 2. The van der Waals surface area contributed by atoms with E-state index >= 15 is 0 Å². The molecule has 1 amide bonds. The fourth-order valence-corrected chi connectivity index (χ4v) is 6.60. The van der Waals surface area contributed by atoms with Gasteiger partial charge >= 0.3 is 17.9 Å². The minimum atomic E-state index is -1.19. The molecule has 12 unspecified atom stereocenters. The number of nitrogens with one attached hydrogen (secondary N) is 3. The van der Waals surface area contributed by atoms with Gasteiger partial charge < -0.3 is 80.0 Å². The highest BCUT2D eigenvalue weighted by atomic mass is 17.2. The normalized spacial score (nSPS) is 24.3. The number of nitrogens with zero attached hydrogens (tertiary/aromatic N) is 1. The highest BCUT2D eigenvalue weighted by Gasteiger charge is 2.36. The summed E-state index contributed by atoms with van der Waals surface area (Å²) in [6.45, 7) is 16.7. The second-order valence-corrected chi connectivity index (χ2v) is 16.5. The largest absolute Gasteiger partial charge is 0.459 e. The third-order valence-electron chi connectivity index (χ3n) is 10.4. The monoisotopic (exact) mass is 919 g/mol. The van der Waals surface area contributed by atoms with E-state index in [4.69, 9.17) is 59.1 Å². The van der Waals surface area contributed by atoms with Gasteiger partial charge in [-0.15, -0.1) is 0 Å². The van der Waals surface area contributed by atoms with Gasteiger partial charge in [-0.25, -0.2) is 0 Å². The van der Waals surface area contributed by atoms with E-state index in [1.807, 2.05) is 24.9 Å². The second kappa shape index (κ2) is 28.5. The van der Waals surface area contributed by atoms with E-state index in [9.17, 15) is 29.4 Å². The van der Waals surface area contributed by atoms with Crippen molar-refractivity contribution >= 4 is 23.8 Å². The van der Waals surface area contributed by atoms with Crippen LogP contribution in [0.1, 0.15) is 74.1 Å². The maximum atomic E-state index is 12.9. The van der Waals surface area contributed by atoms with Gasteiger partial charge in [0.2, 0.25) is 0 Å². The number of aliphatic hydroxyl groups is 2. The number of esters is 3. The van der Waals surface area contributed by atoms with Crippen LogP contribution in [0.4, 0.5) is 0 Å². The molecular formula is C42H74N6O16. The van der Waals surface area contributed by atoms with Crippen molar-refractivity contribution in [2.45, 2.75) is 142 Å². The molecule has 0 saturated carbocycles. The molecule has 0 aromatic carbocycles. The molecule has 0 spiro atoms. The van der Waals surface area contributed by atoms with Crippen molar-refractivity contribution in [3.05, 3.63) is 24.2 Å². The summed E-state index contributed by atoms with van der Waals surface area (Å²) in [7, 11) is 0. The standard InChI is InChI=1S/C42H74N6O16/c1-9-11-31(62-35-23-60-64-26(35)6)21-56-34-14-32(44)42(59-22-33(34)49)58-19-25(5)41(54)57-20-30-18-48(30)29(10-2)15-45-16-36(50)61-27(7)39(52)47-17-37(51)63-38(24(3)4)40(53)46-12-13-55-28(8)43/h18,24-25,27-29,31-35,38,40,42,45-46,49,53H,6,9-17,19-23,43-44H2,1-5,7-8H3,(H,47,52). The Kier molecular flexibility index (Phi) is 24.4. The Morgan fingerprint density at radius 3 is 2.42 bits per heavy atom. The molecule has 9 N–H and O–H groups in total. The number of hydrogen-bond donors (Lipinski definition) is 7. The molecule has 22 nitrogen and oxygen atoms in total. The molecule has 12 atom stereocenters. The molecule has 0 aliphatic carbocycles. The number of carbonyl (C=O) groups is 4. The average Bonchev–Trinajstić information content (AvgIpc) is 3.94. The highest BCUT2D eigenvalue weighted by Crippen LogP contribution is 2.27. The summed E-state index contributed by atoms with van der Waals surface area (Å²) in [5, 5.41) is 29.4. The molecule has 0 aromatic heterocycles. The molecule has 0 aromatic rings. The van der Waals surface area contributed by atoms with Crippen molar-refractivity contribution in [2.24, 2.45) is 23.3 Å². The van der Waals surface area contributed by atoms with Gasteiger partial charge in [0.25, 0.3) is 5.91 Å². The quantitative estimate of drug-likeness (QED) is 0.0150. The summed E-state index contributed by atoms with van der Waals surface area (Å²) in [5.74, 6) is -3.12. The Morgan fingerprint density at radius 1 is 1.03 bits per heavy atom. The number of ether oxygens (including phenoxy) is 8. The predicted octanol–water partition coefficient (Wildman–Crippen LogP) is -0.598. The number of carbonyl (C=O) groups excluding carboxylic acids is 4. The van der Waals surface area contributed by atoms with Crippen LogP contribution in [-0.2, 0) is 66.8 Å². The summed E-state index contributed by atoms with van der Waals surface area (Å²) in [6.07, 6.45) is -2.47. The minimum Gasteiger partial charge on any atom is -0.459 e. The number of amides is 1. The van der Waals surface area contributed by atoms with Gasteiger partial charge in [-0.2, -0.15) is 4.89 Å². The fourth-order valence-electron chi connectivity index (χ4n) is 6.60. The van der Waals surface area contributed by atoms with Crippen LogP contribution >= 0.6 is 0 Å². The number of hydrogen-bond acceptors (Lipinski definition) is 21. The van der Waals surface area contributed by atoms with Crippen LogP contribution in [0.5, 0.6) is 0 Å². The maximum absolute atomic E-state index is 12.9. The van der Waals surface area contributed by atoms with Crippen molar-refractivity contribution < 1.29 is 77.1 Å². The van der Waals surface area contributed by atoms with Gasteiger partial charge in [0.05, 0.1) is 62.8 Å². The highest BCUT2D eigenvalue weighted by molar-refractivity contribution is 5.86. The molecule has 3 rings (SSSR count). The molecular weight excluding hydrogens is 844 g/mol. The lowest BCUT2D eigenvalue weighted by Crippen LogP contribution is -2.48. The van der Waals surface area contributed by atoms with E-state index in [0.717, 1.165) is 18.5 Å². The van der Waals surface area contributed by atoms with E-state index in [1.54, 1.807) is 27.7 Å². The summed E-state index contributed by atoms with van der Waals surface area (Å²) < 4.78 is 45.1. The minimum absolute atomic E-state index is 0.0254. The molecule has 3 aliphatic heterocycles. The topological polar surface area (TPSA) is 292 Å². The Bertz CT molecular complexity index is 1490. The van der Waals surface area contributed by atoms with Crippen LogP contribution in [0, 0.1) is 11.8 Å². The lowest BCUT2D eigenvalue weighted by Gasteiger charge is -2.27. The van der Waals surface area contributed by atoms with Crippen LogP contribution in [0.3, 0.4) is 0 Å². The van der Waals surface area contributed by atoms with E-state index in [0.29, 0.717) is 18.7 Å². The molecule has 64 heavy (non-hydrogen) atoms. The first kappa shape index (κ1) is 54.8. The number of nitrogens with two attached hydrogens (primary N) is 2. The zero-order chi connectivity index (χ0) is 47.3. The smallest absolute Gasteiger partial charge is 0.325 e. The lowest BCUT2D eigenvalue weighted by molar-refractivity contribution is -0.224. The molecule has 0 radical (unpaired) electrons. The second-order valence-electron chi connectivity index (χ2n) is 16.5. The van der Waals surface area contributed by atoms with Crippen LogP contribution < -0.4 is 27.4 Å². The van der Waals surface area contributed by atoms with Crippen LogP contribution in [0.2, 0.25) is 0 Å². The molecule has 368 valence electrons. The molecule has 0 bridgehead atoms. The zero-order valence-corrected chi connectivity index (χ0v) is 38.4. The first-order valence-corrected chi connectivity index (χ1v) is 22.2. The van der Waals surface area contributed by atoms with Gasteiger partial charge in [0.15, 0.2) is 18.2 Å². The summed E-state index contributed by atoms with van der Waals surface area (Å²) in [5.41, 5.74) is 12.7. The van der Waals surface area contributed by atoms with Gasteiger partial charge in [-0.3, -0.25) is 24.5 Å². The van der Waals surface area contributed by atoms with Crippen LogP contribution in [0.15, 0.2) is 24.2 Å².